The Hall–Kier alpha value is -1.14. The Bertz CT molecular complexity index is 219. The smallest absolute Gasteiger partial charge is 0.330 e. The molecule has 1 amide bonds. The van der Waals surface area contributed by atoms with E-state index in [1.165, 1.54) is 14.0 Å². The molecule has 1 atom stereocenters. The molecule has 0 aliphatic rings. The van der Waals surface area contributed by atoms with Crippen LogP contribution in [0.1, 0.15) is 13.3 Å². The molecule has 0 bridgehead atoms. The van der Waals surface area contributed by atoms with E-state index in [9.17, 15) is 9.59 Å². The van der Waals surface area contributed by atoms with E-state index in [4.69, 9.17) is 9.47 Å². The zero-order valence-corrected chi connectivity index (χ0v) is 9.95. The molecule has 0 aromatic carbocycles. The number of nitrogens with one attached hydrogen (secondary N) is 1. The lowest BCUT2D eigenvalue weighted by molar-refractivity contribution is -0.146. The van der Waals surface area contributed by atoms with Crippen LogP contribution in [-0.2, 0) is 23.8 Å². The topological polar surface area (TPSA) is 73.9 Å². The normalized spacial score (nSPS) is 11.9. The van der Waals surface area contributed by atoms with Crippen molar-refractivity contribution in [3.63, 3.8) is 0 Å². The second-order valence-corrected chi connectivity index (χ2v) is 3.20. The highest BCUT2D eigenvalue weighted by molar-refractivity contribution is 5.83. The van der Waals surface area contributed by atoms with Crippen molar-refractivity contribution in [2.45, 2.75) is 19.4 Å². The first-order valence-electron chi connectivity index (χ1n) is 5.03. The number of methoxy groups -OCH3 is 2. The summed E-state index contributed by atoms with van der Waals surface area (Å²) in [4.78, 5) is 22.0. The fourth-order valence-electron chi connectivity index (χ4n) is 1.06. The van der Waals surface area contributed by atoms with Crippen molar-refractivity contribution in [1.29, 1.82) is 0 Å². The lowest BCUT2D eigenvalue weighted by atomic mass is 10.3. The van der Waals surface area contributed by atoms with E-state index >= 15 is 0 Å². The predicted octanol–water partition coefficient (Wildman–Crippen LogP) is -0.283. The van der Waals surface area contributed by atoms with E-state index in [-0.39, 0.29) is 12.5 Å². The van der Waals surface area contributed by atoms with Crippen LogP contribution in [0.3, 0.4) is 0 Å². The van der Waals surface area contributed by atoms with Crippen LogP contribution >= 0.6 is 0 Å². The minimum Gasteiger partial charge on any atom is -0.467 e. The van der Waals surface area contributed by atoms with Gasteiger partial charge in [0.05, 0.1) is 13.7 Å². The first kappa shape index (κ1) is 14.9. The molecule has 0 saturated heterocycles. The van der Waals surface area contributed by atoms with Gasteiger partial charge in [0.15, 0.2) is 6.04 Å². The Kier molecular flexibility index (Phi) is 8.46. The number of amides is 1. The number of carbonyl (C=O) groups excluding carboxylic acids is 2. The summed E-state index contributed by atoms with van der Waals surface area (Å²) in [5.41, 5.74) is 0. The Labute approximate surface area is 95.2 Å². The van der Waals surface area contributed by atoms with Gasteiger partial charge in [-0.15, -0.1) is 0 Å². The van der Waals surface area contributed by atoms with Gasteiger partial charge in [-0.25, -0.2) is 4.79 Å². The van der Waals surface area contributed by atoms with Gasteiger partial charge in [0.1, 0.15) is 0 Å². The molecule has 16 heavy (non-hydrogen) atoms. The summed E-state index contributed by atoms with van der Waals surface area (Å²) in [7, 11) is 2.87. The number of carbonyl (C=O) groups is 2. The van der Waals surface area contributed by atoms with Gasteiger partial charge in [-0.3, -0.25) is 4.79 Å². The molecule has 0 fully saturated rings. The summed E-state index contributed by atoms with van der Waals surface area (Å²) in [6, 6.07) is -0.745. The standard InChI is InChI=1S/C10H19NO5/c1-8(12)11-9(10(13)15-3)7-16-6-4-5-14-2/h9H,4-7H2,1-3H3,(H,11,12). The highest BCUT2D eigenvalue weighted by Crippen LogP contribution is 1.92. The monoisotopic (exact) mass is 233 g/mol. The van der Waals surface area contributed by atoms with Gasteiger partial charge in [0.25, 0.3) is 0 Å². The third-order valence-corrected chi connectivity index (χ3v) is 1.78. The van der Waals surface area contributed by atoms with Crippen LogP contribution in [0.4, 0.5) is 0 Å². The molecule has 0 radical (unpaired) electrons. The number of hydrogen-bond donors (Lipinski definition) is 1. The number of esters is 1. The predicted molar refractivity (Wildman–Crippen MR) is 56.9 cm³/mol. The Morgan fingerprint density at radius 3 is 2.44 bits per heavy atom. The van der Waals surface area contributed by atoms with Gasteiger partial charge < -0.3 is 19.5 Å². The average molecular weight is 233 g/mol. The van der Waals surface area contributed by atoms with Crippen molar-refractivity contribution in [2.24, 2.45) is 0 Å². The molecule has 0 saturated carbocycles. The maximum atomic E-state index is 11.2. The first-order chi connectivity index (χ1) is 7.61. The lowest BCUT2D eigenvalue weighted by Gasteiger charge is -2.15. The summed E-state index contributed by atoms with van der Waals surface area (Å²) in [6.45, 7) is 2.51. The molecule has 0 aromatic heterocycles. The van der Waals surface area contributed by atoms with Crippen molar-refractivity contribution in [1.82, 2.24) is 5.32 Å². The van der Waals surface area contributed by atoms with Crippen molar-refractivity contribution < 1.29 is 23.8 Å². The quantitative estimate of drug-likeness (QED) is 0.461. The van der Waals surface area contributed by atoms with Crippen LogP contribution in [0.15, 0.2) is 0 Å². The second kappa shape index (κ2) is 9.11. The molecule has 1 N–H and O–H groups in total. The highest BCUT2D eigenvalue weighted by atomic mass is 16.5. The zero-order valence-electron chi connectivity index (χ0n) is 9.95. The van der Waals surface area contributed by atoms with Crippen LogP contribution in [0, 0.1) is 0 Å². The number of rotatable bonds is 8. The molecule has 6 heteroatoms. The Morgan fingerprint density at radius 2 is 1.94 bits per heavy atom. The maximum absolute atomic E-state index is 11.2. The minimum absolute atomic E-state index is 0.107. The third kappa shape index (κ3) is 7.19. The third-order valence-electron chi connectivity index (χ3n) is 1.78. The van der Waals surface area contributed by atoms with Gasteiger partial charge >= 0.3 is 5.97 Å². The van der Waals surface area contributed by atoms with Crippen LogP contribution in [0.25, 0.3) is 0 Å². The average Bonchev–Trinajstić information content (AvgIpc) is 2.25. The molecule has 0 aliphatic heterocycles. The molecular weight excluding hydrogens is 214 g/mol. The summed E-state index contributed by atoms with van der Waals surface area (Å²) in [5.74, 6) is -0.808. The summed E-state index contributed by atoms with van der Waals surface area (Å²) < 4.78 is 14.6. The SMILES string of the molecule is COCCCOCC(NC(C)=O)C(=O)OC. The van der Waals surface area contributed by atoms with E-state index in [0.717, 1.165) is 6.42 Å². The fourth-order valence-corrected chi connectivity index (χ4v) is 1.06. The largest absolute Gasteiger partial charge is 0.467 e. The Balaban J connectivity index is 3.83. The van der Waals surface area contributed by atoms with Gasteiger partial charge in [-0.1, -0.05) is 0 Å². The summed E-state index contributed by atoms with van der Waals surface area (Å²) in [6.07, 6.45) is 0.741. The van der Waals surface area contributed by atoms with Crippen molar-refractivity contribution >= 4 is 11.9 Å². The molecule has 6 nitrogen and oxygen atoms in total. The van der Waals surface area contributed by atoms with Crippen molar-refractivity contribution in [3.8, 4) is 0 Å². The molecule has 0 rings (SSSR count). The van der Waals surface area contributed by atoms with Crippen LogP contribution in [0.5, 0.6) is 0 Å². The van der Waals surface area contributed by atoms with E-state index in [1.54, 1.807) is 7.11 Å². The molecule has 1 unspecified atom stereocenters. The molecule has 94 valence electrons. The Morgan fingerprint density at radius 1 is 1.25 bits per heavy atom. The van der Waals surface area contributed by atoms with Crippen LogP contribution < -0.4 is 5.32 Å². The lowest BCUT2D eigenvalue weighted by Crippen LogP contribution is -2.43. The van der Waals surface area contributed by atoms with Crippen molar-refractivity contribution in [3.05, 3.63) is 0 Å². The molecule has 0 aliphatic carbocycles. The molecule has 0 spiro atoms. The minimum atomic E-state index is -0.745. The molecular formula is C10H19NO5. The van der Waals surface area contributed by atoms with E-state index in [1.807, 2.05) is 0 Å². The van der Waals surface area contributed by atoms with Gasteiger partial charge in [0, 0.05) is 27.2 Å². The summed E-state index contributed by atoms with van der Waals surface area (Å²) >= 11 is 0. The number of ether oxygens (including phenoxy) is 3. The van der Waals surface area contributed by atoms with Crippen LogP contribution in [-0.4, -0.2) is 52.0 Å². The first-order valence-corrected chi connectivity index (χ1v) is 5.03. The van der Waals surface area contributed by atoms with Gasteiger partial charge in [0.2, 0.25) is 5.91 Å². The molecule has 0 aromatic rings. The number of hydrogen-bond acceptors (Lipinski definition) is 5. The maximum Gasteiger partial charge on any atom is 0.330 e. The highest BCUT2D eigenvalue weighted by Gasteiger charge is 2.19. The van der Waals surface area contributed by atoms with Gasteiger partial charge in [-0.05, 0) is 6.42 Å². The zero-order chi connectivity index (χ0) is 12.4. The second-order valence-electron chi connectivity index (χ2n) is 3.20. The van der Waals surface area contributed by atoms with Gasteiger partial charge in [-0.2, -0.15) is 0 Å². The summed E-state index contributed by atoms with van der Waals surface area (Å²) in [5, 5.41) is 2.45. The van der Waals surface area contributed by atoms with Crippen LogP contribution in [0.2, 0.25) is 0 Å². The molecule has 0 heterocycles. The van der Waals surface area contributed by atoms with E-state index in [0.29, 0.717) is 13.2 Å². The van der Waals surface area contributed by atoms with E-state index < -0.39 is 12.0 Å². The van der Waals surface area contributed by atoms with E-state index in [2.05, 4.69) is 10.1 Å². The van der Waals surface area contributed by atoms with Crippen molar-refractivity contribution in [2.75, 3.05) is 34.0 Å². The fraction of sp³-hybridized carbons (Fsp3) is 0.800.